The molecule has 1 fully saturated rings. The molecule has 13 heavy (non-hydrogen) atoms. The van der Waals surface area contributed by atoms with E-state index in [1.807, 2.05) is 0 Å². The lowest BCUT2D eigenvalue weighted by Crippen LogP contribution is -2.36. The second kappa shape index (κ2) is 3.66. The van der Waals surface area contributed by atoms with Crippen LogP contribution in [0.3, 0.4) is 0 Å². The van der Waals surface area contributed by atoms with Crippen LogP contribution in [0.25, 0.3) is 0 Å². The Balaban J connectivity index is 2.75. The molecule has 1 aliphatic carbocycles. The van der Waals surface area contributed by atoms with Gasteiger partial charge in [0.1, 0.15) is 0 Å². The molecule has 76 valence electrons. The van der Waals surface area contributed by atoms with Gasteiger partial charge in [-0.1, -0.05) is 13.8 Å². The number of carbonyl (C=O) groups is 1. The van der Waals surface area contributed by atoms with Crippen molar-refractivity contribution >= 4 is 5.97 Å². The lowest BCUT2D eigenvalue weighted by Gasteiger charge is -2.32. The third-order valence-corrected chi connectivity index (χ3v) is 3.83. The minimum atomic E-state index is -0.716. The number of nitrogens with two attached hydrogens (primary N) is 1. The lowest BCUT2D eigenvalue weighted by atomic mass is 9.74. The first-order valence-electron chi connectivity index (χ1n) is 4.94. The summed E-state index contributed by atoms with van der Waals surface area (Å²) in [7, 11) is 0. The highest BCUT2D eigenvalue weighted by Gasteiger charge is 2.44. The molecule has 0 aromatic rings. The number of aliphatic carboxylic acids is 1. The van der Waals surface area contributed by atoms with E-state index in [4.69, 9.17) is 10.8 Å². The van der Waals surface area contributed by atoms with Crippen LogP contribution in [0, 0.1) is 17.3 Å². The Morgan fingerprint density at radius 1 is 1.62 bits per heavy atom. The van der Waals surface area contributed by atoms with Crippen molar-refractivity contribution in [3.8, 4) is 0 Å². The summed E-state index contributed by atoms with van der Waals surface area (Å²) in [5, 5.41) is 8.82. The van der Waals surface area contributed by atoms with Crippen molar-refractivity contribution in [3.63, 3.8) is 0 Å². The van der Waals surface area contributed by atoms with E-state index in [9.17, 15) is 4.79 Å². The first kappa shape index (κ1) is 10.5. The summed E-state index contributed by atoms with van der Waals surface area (Å²) in [5.41, 5.74) is 5.57. The Kier molecular flexibility index (Phi) is 2.96. The van der Waals surface area contributed by atoms with Gasteiger partial charge in [-0.25, -0.2) is 0 Å². The zero-order valence-electron chi connectivity index (χ0n) is 8.42. The van der Waals surface area contributed by atoms with Crippen molar-refractivity contribution in [2.75, 3.05) is 6.54 Å². The monoisotopic (exact) mass is 185 g/mol. The van der Waals surface area contributed by atoms with Crippen LogP contribution < -0.4 is 5.73 Å². The first-order chi connectivity index (χ1) is 6.02. The van der Waals surface area contributed by atoms with Crippen molar-refractivity contribution in [1.82, 2.24) is 0 Å². The van der Waals surface area contributed by atoms with Gasteiger partial charge in [-0.05, 0) is 36.6 Å². The summed E-state index contributed by atoms with van der Waals surface area (Å²) in [4.78, 5) is 10.7. The third-order valence-electron chi connectivity index (χ3n) is 3.83. The van der Waals surface area contributed by atoms with E-state index >= 15 is 0 Å². The van der Waals surface area contributed by atoms with Gasteiger partial charge in [0.05, 0.1) is 6.42 Å². The van der Waals surface area contributed by atoms with Crippen LogP contribution >= 0.6 is 0 Å². The first-order valence-corrected chi connectivity index (χ1v) is 4.94. The maximum atomic E-state index is 10.7. The van der Waals surface area contributed by atoms with Crippen LogP contribution in [-0.2, 0) is 4.79 Å². The molecule has 0 unspecified atom stereocenters. The number of rotatable bonds is 3. The van der Waals surface area contributed by atoms with E-state index in [-0.39, 0.29) is 11.8 Å². The van der Waals surface area contributed by atoms with Gasteiger partial charge >= 0.3 is 5.97 Å². The molecule has 0 saturated heterocycles. The van der Waals surface area contributed by atoms with E-state index in [1.165, 1.54) is 0 Å². The normalized spacial score (nSPS) is 39.3. The van der Waals surface area contributed by atoms with E-state index < -0.39 is 5.97 Å². The summed E-state index contributed by atoms with van der Waals surface area (Å²) >= 11 is 0. The van der Waals surface area contributed by atoms with Crippen molar-refractivity contribution in [1.29, 1.82) is 0 Å². The molecule has 3 atom stereocenters. The standard InChI is InChI=1S/C10H19NO2/c1-7-3-4-10(6-11,8(7)2)5-9(12)13/h7-8H,3-6,11H2,1-2H3,(H,12,13)/t7-,8+,10-/m0/s1. The van der Waals surface area contributed by atoms with Crippen LogP contribution in [0.2, 0.25) is 0 Å². The molecule has 0 aromatic heterocycles. The van der Waals surface area contributed by atoms with Crippen LogP contribution in [0.4, 0.5) is 0 Å². The lowest BCUT2D eigenvalue weighted by molar-refractivity contribution is -0.140. The maximum Gasteiger partial charge on any atom is 0.303 e. The Morgan fingerprint density at radius 3 is 2.54 bits per heavy atom. The highest BCUT2D eigenvalue weighted by atomic mass is 16.4. The van der Waals surface area contributed by atoms with E-state index in [1.54, 1.807) is 0 Å². The van der Waals surface area contributed by atoms with Crippen LogP contribution in [-0.4, -0.2) is 17.6 Å². The van der Waals surface area contributed by atoms with E-state index in [0.29, 0.717) is 18.4 Å². The molecule has 1 aliphatic rings. The average Bonchev–Trinajstić information content (AvgIpc) is 2.33. The molecular formula is C10H19NO2. The number of hydrogen-bond donors (Lipinski definition) is 2. The number of hydrogen-bond acceptors (Lipinski definition) is 2. The van der Waals surface area contributed by atoms with Gasteiger partial charge in [0.2, 0.25) is 0 Å². The minimum absolute atomic E-state index is 0.134. The summed E-state index contributed by atoms with van der Waals surface area (Å²) in [5.74, 6) is 0.336. The van der Waals surface area contributed by atoms with Crippen molar-refractivity contribution in [3.05, 3.63) is 0 Å². The van der Waals surface area contributed by atoms with Gasteiger partial charge in [0.15, 0.2) is 0 Å². The number of carboxylic acid groups (broad SMARTS) is 1. The number of carboxylic acids is 1. The molecule has 0 aromatic carbocycles. The Bertz CT molecular complexity index is 205. The van der Waals surface area contributed by atoms with Crippen LogP contribution in [0.5, 0.6) is 0 Å². The molecule has 0 amide bonds. The zero-order chi connectivity index (χ0) is 10.1. The highest BCUT2D eigenvalue weighted by Crippen LogP contribution is 2.48. The fourth-order valence-electron chi connectivity index (χ4n) is 2.51. The zero-order valence-corrected chi connectivity index (χ0v) is 8.42. The molecule has 0 aliphatic heterocycles. The third kappa shape index (κ3) is 1.85. The van der Waals surface area contributed by atoms with Crippen molar-refractivity contribution in [2.24, 2.45) is 23.0 Å². The van der Waals surface area contributed by atoms with Crippen molar-refractivity contribution < 1.29 is 9.90 Å². The highest BCUT2D eigenvalue weighted by molar-refractivity contribution is 5.67. The molecule has 3 N–H and O–H groups in total. The van der Waals surface area contributed by atoms with Crippen LogP contribution in [0.15, 0.2) is 0 Å². The molecule has 3 heteroatoms. The van der Waals surface area contributed by atoms with Crippen molar-refractivity contribution in [2.45, 2.75) is 33.1 Å². The molecule has 0 bridgehead atoms. The minimum Gasteiger partial charge on any atom is -0.481 e. The largest absolute Gasteiger partial charge is 0.481 e. The van der Waals surface area contributed by atoms with Gasteiger partial charge in [-0.2, -0.15) is 0 Å². The SMILES string of the molecule is C[C@@H]1[C@@H](C)CC[C@@]1(CN)CC(=O)O. The Morgan fingerprint density at radius 2 is 2.23 bits per heavy atom. The average molecular weight is 185 g/mol. The van der Waals surface area contributed by atoms with Gasteiger partial charge in [0.25, 0.3) is 0 Å². The second-order valence-corrected chi connectivity index (χ2v) is 4.44. The molecule has 1 rings (SSSR count). The van der Waals surface area contributed by atoms with E-state index in [0.717, 1.165) is 12.8 Å². The predicted molar refractivity (Wildman–Crippen MR) is 51.3 cm³/mol. The maximum absolute atomic E-state index is 10.7. The molecular weight excluding hydrogens is 166 g/mol. The molecule has 1 saturated carbocycles. The van der Waals surface area contributed by atoms with Gasteiger partial charge in [0, 0.05) is 0 Å². The molecule has 0 heterocycles. The summed E-state index contributed by atoms with van der Waals surface area (Å²) in [6.45, 7) is 4.82. The fraction of sp³-hybridized carbons (Fsp3) is 0.900. The molecule has 0 spiro atoms. The topological polar surface area (TPSA) is 63.3 Å². The molecule has 0 radical (unpaired) electrons. The van der Waals surface area contributed by atoms with Crippen LogP contribution in [0.1, 0.15) is 33.1 Å². The summed E-state index contributed by atoms with van der Waals surface area (Å²) in [6, 6.07) is 0. The summed E-state index contributed by atoms with van der Waals surface area (Å²) < 4.78 is 0. The quantitative estimate of drug-likeness (QED) is 0.700. The summed E-state index contributed by atoms with van der Waals surface area (Å²) in [6.07, 6.45) is 2.32. The van der Waals surface area contributed by atoms with E-state index in [2.05, 4.69) is 13.8 Å². The van der Waals surface area contributed by atoms with Gasteiger partial charge in [-0.3, -0.25) is 4.79 Å². The predicted octanol–water partition coefficient (Wildman–Crippen LogP) is 1.47. The Hall–Kier alpha value is -0.570. The smallest absolute Gasteiger partial charge is 0.303 e. The fourth-order valence-corrected chi connectivity index (χ4v) is 2.51. The second-order valence-electron chi connectivity index (χ2n) is 4.44. The van der Waals surface area contributed by atoms with Gasteiger partial charge < -0.3 is 10.8 Å². The molecule has 3 nitrogen and oxygen atoms in total. The Labute approximate surface area is 79.3 Å². The van der Waals surface area contributed by atoms with Gasteiger partial charge in [-0.15, -0.1) is 0 Å².